The molecule has 2 rings (SSSR count). The third-order valence-corrected chi connectivity index (χ3v) is 2.12. The van der Waals surface area contributed by atoms with Crippen molar-refractivity contribution in [2.45, 2.75) is 0 Å². The van der Waals surface area contributed by atoms with Gasteiger partial charge in [-0.1, -0.05) is 11.6 Å². The standard InChI is InChI=1S/C9H6ClFN2O/c10-7-5-6(11)1-2-8(7)13-4-3-12-9(13)14/h1-5H,(H,12,14). The maximum atomic E-state index is 12.7. The zero-order valence-electron chi connectivity index (χ0n) is 7.00. The molecule has 0 atom stereocenters. The molecular formula is C9H6ClFN2O. The van der Waals surface area contributed by atoms with Crippen molar-refractivity contribution >= 4 is 11.6 Å². The number of H-pyrrole nitrogens is 1. The molecule has 0 fully saturated rings. The van der Waals surface area contributed by atoms with Gasteiger partial charge in [-0.25, -0.2) is 9.18 Å². The normalized spacial score (nSPS) is 10.4. The van der Waals surface area contributed by atoms with Crippen molar-refractivity contribution in [3.8, 4) is 5.69 Å². The Morgan fingerprint density at radius 2 is 2.21 bits per heavy atom. The van der Waals surface area contributed by atoms with Crippen LogP contribution in [0.5, 0.6) is 0 Å². The molecule has 0 saturated carbocycles. The minimum atomic E-state index is -0.428. The Kier molecular flexibility index (Phi) is 2.13. The first-order chi connectivity index (χ1) is 6.68. The molecule has 0 aliphatic heterocycles. The molecule has 0 bridgehead atoms. The Labute approximate surface area is 83.8 Å². The Bertz CT molecular complexity index is 518. The summed E-state index contributed by atoms with van der Waals surface area (Å²) in [4.78, 5) is 13.7. The van der Waals surface area contributed by atoms with E-state index in [4.69, 9.17) is 11.6 Å². The SMILES string of the molecule is O=c1[nH]ccn1-c1ccc(F)cc1Cl. The molecule has 0 unspecified atom stereocenters. The highest BCUT2D eigenvalue weighted by Crippen LogP contribution is 2.19. The van der Waals surface area contributed by atoms with Gasteiger partial charge in [-0.2, -0.15) is 0 Å². The molecule has 1 aromatic heterocycles. The largest absolute Gasteiger partial charge is 0.330 e. The van der Waals surface area contributed by atoms with Gasteiger partial charge < -0.3 is 4.98 Å². The second kappa shape index (κ2) is 3.31. The molecule has 14 heavy (non-hydrogen) atoms. The number of nitrogens with zero attached hydrogens (tertiary/aromatic N) is 1. The summed E-state index contributed by atoms with van der Waals surface area (Å²) in [6.45, 7) is 0. The summed E-state index contributed by atoms with van der Waals surface area (Å²) < 4.78 is 14.0. The zero-order valence-corrected chi connectivity index (χ0v) is 7.75. The van der Waals surface area contributed by atoms with Gasteiger partial charge >= 0.3 is 5.69 Å². The fourth-order valence-corrected chi connectivity index (χ4v) is 1.44. The molecule has 1 heterocycles. The van der Waals surface area contributed by atoms with Crippen LogP contribution >= 0.6 is 11.6 Å². The van der Waals surface area contributed by atoms with Gasteiger partial charge in [0, 0.05) is 12.4 Å². The lowest BCUT2D eigenvalue weighted by Gasteiger charge is -2.02. The van der Waals surface area contributed by atoms with E-state index in [-0.39, 0.29) is 10.7 Å². The fourth-order valence-electron chi connectivity index (χ4n) is 1.19. The number of aromatic nitrogens is 2. The van der Waals surface area contributed by atoms with Crippen molar-refractivity contribution < 1.29 is 4.39 Å². The van der Waals surface area contributed by atoms with Gasteiger partial charge in [-0.3, -0.25) is 4.57 Å². The van der Waals surface area contributed by atoms with Crippen molar-refractivity contribution in [3.63, 3.8) is 0 Å². The van der Waals surface area contributed by atoms with E-state index in [0.29, 0.717) is 5.69 Å². The van der Waals surface area contributed by atoms with Crippen molar-refractivity contribution in [3.05, 3.63) is 51.9 Å². The van der Waals surface area contributed by atoms with Crippen molar-refractivity contribution in [2.24, 2.45) is 0 Å². The molecule has 0 saturated heterocycles. The van der Waals surface area contributed by atoms with E-state index in [1.807, 2.05) is 0 Å². The van der Waals surface area contributed by atoms with Gasteiger partial charge in [0.2, 0.25) is 0 Å². The molecule has 0 aliphatic carbocycles. The summed E-state index contributed by atoms with van der Waals surface area (Å²) in [6, 6.07) is 3.86. The Morgan fingerprint density at radius 3 is 2.79 bits per heavy atom. The Balaban J connectivity index is 2.63. The predicted molar refractivity (Wildman–Crippen MR) is 51.4 cm³/mol. The number of hydrogen-bond acceptors (Lipinski definition) is 1. The summed E-state index contributed by atoms with van der Waals surface area (Å²) in [5, 5.41) is 0.201. The van der Waals surface area contributed by atoms with Crippen LogP contribution in [0.15, 0.2) is 35.4 Å². The van der Waals surface area contributed by atoms with Crippen LogP contribution in [0.25, 0.3) is 5.69 Å². The summed E-state index contributed by atoms with van der Waals surface area (Å²) in [5.74, 6) is -0.428. The maximum absolute atomic E-state index is 12.7. The lowest BCUT2D eigenvalue weighted by atomic mass is 10.3. The molecule has 5 heteroatoms. The van der Waals surface area contributed by atoms with Gasteiger partial charge in [-0.05, 0) is 18.2 Å². The van der Waals surface area contributed by atoms with Crippen molar-refractivity contribution in [1.29, 1.82) is 0 Å². The Hall–Kier alpha value is -1.55. The van der Waals surface area contributed by atoms with E-state index in [9.17, 15) is 9.18 Å². The highest BCUT2D eigenvalue weighted by molar-refractivity contribution is 6.32. The number of aromatic amines is 1. The summed E-state index contributed by atoms with van der Waals surface area (Å²) in [5.41, 5.74) is 0.151. The lowest BCUT2D eigenvalue weighted by molar-refractivity contribution is 0.627. The van der Waals surface area contributed by atoms with E-state index < -0.39 is 5.82 Å². The molecule has 0 spiro atoms. The van der Waals surface area contributed by atoms with Crippen LogP contribution < -0.4 is 5.69 Å². The summed E-state index contributed by atoms with van der Waals surface area (Å²) in [7, 11) is 0. The highest BCUT2D eigenvalue weighted by atomic mass is 35.5. The molecule has 1 aromatic carbocycles. The maximum Gasteiger partial charge on any atom is 0.330 e. The van der Waals surface area contributed by atoms with E-state index >= 15 is 0 Å². The van der Waals surface area contributed by atoms with E-state index in [1.165, 1.54) is 29.1 Å². The highest BCUT2D eigenvalue weighted by Gasteiger charge is 2.05. The molecule has 3 nitrogen and oxygen atoms in total. The first kappa shape index (κ1) is 9.02. The predicted octanol–water partition coefficient (Wildman–Crippen LogP) is 1.96. The molecular weight excluding hydrogens is 207 g/mol. The molecule has 2 aromatic rings. The molecule has 0 radical (unpaired) electrons. The van der Waals surface area contributed by atoms with Crippen LogP contribution in [0.3, 0.4) is 0 Å². The number of benzene rings is 1. The van der Waals surface area contributed by atoms with Crippen LogP contribution in [0.2, 0.25) is 5.02 Å². The minimum absolute atomic E-state index is 0.201. The van der Waals surface area contributed by atoms with Gasteiger partial charge in [0.1, 0.15) is 5.82 Å². The van der Waals surface area contributed by atoms with Gasteiger partial charge in [0.05, 0.1) is 10.7 Å². The topological polar surface area (TPSA) is 37.8 Å². The van der Waals surface area contributed by atoms with Gasteiger partial charge in [0.15, 0.2) is 0 Å². The molecule has 1 N–H and O–H groups in total. The minimum Gasteiger partial charge on any atom is -0.312 e. The molecule has 72 valence electrons. The van der Waals surface area contributed by atoms with Gasteiger partial charge in [-0.15, -0.1) is 0 Å². The lowest BCUT2D eigenvalue weighted by Crippen LogP contribution is -2.14. The number of halogens is 2. The van der Waals surface area contributed by atoms with Crippen LogP contribution in [-0.4, -0.2) is 9.55 Å². The van der Waals surface area contributed by atoms with E-state index in [1.54, 1.807) is 0 Å². The van der Waals surface area contributed by atoms with E-state index in [0.717, 1.165) is 6.07 Å². The van der Waals surface area contributed by atoms with E-state index in [2.05, 4.69) is 4.98 Å². The van der Waals surface area contributed by atoms with Crippen LogP contribution in [0.4, 0.5) is 4.39 Å². The monoisotopic (exact) mass is 212 g/mol. The molecule has 0 aliphatic rings. The quantitative estimate of drug-likeness (QED) is 0.771. The van der Waals surface area contributed by atoms with Crippen LogP contribution in [-0.2, 0) is 0 Å². The van der Waals surface area contributed by atoms with Crippen LogP contribution in [0.1, 0.15) is 0 Å². The average Bonchev–Trinajstić information content (AvgIpc) is 2.52. The number of nitrogens with one attached hydrogen (secondary N) is 1. The third-order valence-electron chi connectivity index (χ3n) is 1.82. The van der Waals surface area contributed by atoms with Gasteiger partial charge in [0.25, 0.3) is 0 Å². The summed E-state index contributed by atoms with van der Waals surface area (Å²) >= 11 is 5.78. The Morgan fingerprint density at radius 1 is 1.43 bits per heavy atom. The first-order valence-electron chi connectivity index (χ1n) is 3.90. The third kappa shape index (κ3) is 1.44. The number of rotatable bonds is 1. The average molecular weight is 213 g/mol. The second-order valence-electron chi connectivity index (χ2n) is 2.73. The zero-order chi connectivity index (χ0) is 10.1. The number of hydrogen-bond donors (Lipinski definition) is 1. The summed E-state index contributed by atoms with van der Waals surface area (Å²) in [6.07, 6.45) is 3.02. The van der Waals surface area contributed by atoms with Crippen molar-refractivity contribution in [1.82, 2.24) is 9.55 Å². The smallest absolute Gasteiger partial charge is 0.312 e. The number of imidazole rings is 1. The van der Waals surface area contributed by atoms with Crippen molar-refractivity contribution in [2.75, 3.05) is 0 Å². The molecule has 0 amide bonds. The fraction of sp³-hybridized carbons (Fsp3) is 0. The first-order valence-corrected chi connectivity index (χ1v) is 4.28. The van der Waals surface area contributed by atoms with Crippen LogP contribution in [0, 0.1) is 5.82 Å². The second-order valence-corrected chi connectivity index (χ2v) is 3.14.